The lowest BCUT2D eigenvalue weighted by atomic mass is 10.1. The van der Waals surface area contributed by atoms with E-state index >= 15 is 0 Å². The van der Waals surface area contributed by atoms with Gasteiger partial charge in [0.25, 0.3) is 0 Å². The molecule has 0 heterocycles. The summed E-state index contributed by atoms with van der Waals surface area (Å²) in [5.74, 6) is 0.0159. The normalized spacial score (nSPS) is 9.27. The first-order chi connectivity index (χ1) is 5.07. The van der Waals surface area contributed by atoms with Crippen LogP contribution in [-0.2, 0) is 9.59 Å². The molecule has 0 aliphatic rings. The number of hydrogen-bond donors (Lipinski definition) is 0. The largest absolute Gasteiger partial charge is 0.299 e. The van der Waals surface area contributed by atoms with Crippen LogP contribution in [0, 0.1) is 0 Å². The predicted octanol–water partition coefficient (Wildman–Crippen LogP) is 1.89. The Balaban J connectivity index is 3.76. The Labute approximate surface area is 67.3 Å². The molecule has 0 aromatic carbocycles. The minimum absolute atomic E-state index is 0.0885. The molecule has 0 saturated carbocycles. The molecule has 11 heavy (non-hydrogen) atoms. The van der Waals surface area contributed by atoms with Gasteiger partial charge in [0.05, 0.1) is 0 Å². The van der Waals surface area contributed by atoms with Crippen molar-refractivity contribution in [2.24, 2.45) is 0 Å². The smallest absolute Gasteiger partial charge is 0.155 e. The van der Waals surface area contributed by atoms with Gasteiger partial charge in [-0.15, -0.1) is 0 Å². The third kappa shape index (κ3) is 4.48. The molecule has 2 heteroatoms. The number of Topliss-reactive ketones (excluding diaryl/α,β-unsaturated/α-hetero) is 2. The Kier molecular flexibility index (Phi) is 4.42. The van der Waals surface area contributed by atoms with Gasteiger partial charge in [-0.05, 0) is 18.9 Å². The third-order valence-electron chi connectivity index (χ3n) is 1.44. The zero-order valence-electron chi connectivity index (χ0n) is 7.14. The number of rotatable bonds is 5. The molecule has 0 amide bonds. The number of carbonyl (C=O) groups excluding carboxylic acids is 2. The van der Waals surface area contributed by atoms with Gasteiger partial charge in [-0.2, -0.15) is 0 Å². The molecule has 0 unspecified atom stereocenters. The molecule has 2 nitrogen and oxygen atoms in total. The number of ketones is 2. The van der Waals surface area contributed by atoms with Gasteiger partial charge < -0.3 is 0 Å². The van der Waals surface area contributed by atoms with E-state index in [0.29, 0.717) is 12.0 Å². The molecule has 0 aliphatic carbocycles. The highest BCUT2D eigenvalue weighted by atomic mass is 16.1. The van der Waals surface area contributed by atoms with Crippen LogP contribution in [0.15, 0.2) is 12.2 Å². The second kappa shape index (κ2) is 4.83. The molecule has 0 saturated heterocycles. The van der Waals surface area contributed by atoms with Gasteiger partial charge in [0.15, 0.2) is 5.78 Å². The number of carbonyl (C=O) groups is 2. The van der Waals surface area contributed by atoms with Crippen molar-refractivity contribution in [3.63, 3.8) is 0 Å². The molecule has 0 bridgehead atoms. The first-order valence-electron chi connectivity index (χ1n) is 3.78. The van der Waals surface area contributed by atoms with Crippen molar-refractivity contribution < 1.29 is 9.59 Å². The fourth-order valence-electron chi connectivity index (χ4n) is 0.730. The Morgan fingerprint density at radius 1 is 1.36 bits per heavy atom. The SMILES string of the molecule is C=C(CC(=O)CCC)C(C)=O. The van der Waals surface area contributed by atoms with E-state index in [-0.39, 0.29) is 18.0 Å². The standard InChI is InChI=1S/C9H14O2/c1-4-5-9(11)6-7(2)8(3)10/h2,4-6H2,1,3H3. The van der Waals surface area contributed by atoms with Gasteiger partial charge in [0.1, 0.15) is 5.78 Å². The first-order valence-corrected chi connectivity index (χ1v) is 3.78. The fourth-order valence-corrected chi connectivity index (χ4v) is 0.730. The summed E-state index contributed by atoms with van der Waals surface area (Å²) >= 11 is 0. The molecule has 0 atom stereocenters. The van der Waals surface area contributed by atoms with E-state index in [4.69, 9.17) is 0 Å². The van der Waals surface area contributed by atoms with Crippen LogP contribution >= 0.6 is 0 Å². The van der Waals surface area contributed by atoms with Crippen molar-refractivity contribution in [1.82, 2.24) is 0 Å². The maximum Gasteiger partial charge on any atom is 0.155 e. The average molecular weight is 154 g/mol. The third-order valence-corrected chi connectivity index (χ3v) is 1.44. The summed E-state index contributed by atoms with van der Waals surface area (Å²) in [7, 11) is 0. The number of allylic oxidation sites excluding steroid dienone is 1. The van der Waals surface area contributed by atoms with E-state index in [9.17, 15) is 9.59 Å². The molecule has 62 valence electrons. The molecule has 0 N–H and O–H groups in total. The van der Waals surface area contributed by atoms with E-state index in [1.165, 1.54) is 6.92 Å². The molecule has 0 spiro atoms. The van der Waals surface area contributed by atoms with Gasteiger partial charge in [-0.25, -0.2) is 0 Å². The molecule has 0 aromatic heterocycles. The van der Waals surface area contributed by atoms with Crippen LogP contribution in [0.2, 0.25) is 0 Å². The summed E-state index contributed by atoms with van der Waals surface area (Å²) in [6.07, 6.45) is 1.61. The van der Waals surface area contributed by atoms with Gasteiger partial charge in [-0.3, -0.25) is 9.59 Å². The molecule has 0 rings (SSSR count). The quantitative estimate of drug-likeness (QED) is 0.567. The van der Waals surface area contributed by atoms with Crippen molar-refractivity contribution in [3.05, 3.63) is 12.2 Å². The summed E-state index contributed by atoms with van der Waals surface area (Å²) in [6, 6.07) is 0. The maximum absolute atomic E-state index is 10.9. The van der Waals surface area contributed by atoms with Gasteiger partial charge >= 0.3 is 0 Å². The van der Waals surface area contributed by atoms with Crippen LogP contribution in [0.5, 0.6) is 0 Å². The van der Waals surface area contributed by atoms with Crippen molar-refractivity contribution in [2.45, 2.75) is 33.1 Å². The minimum Gasteiger partial charge on any atom is -0.299 e. The molecule has 0 aromatic rings. The molecular weight excluding hydrogens is 140 g/mol. The Morgan fingerprint density at radius 3 is 2.27 bits per heavy atom. The van der Waals surface area contributed by atoms with Gasteiger partial charge in [0.2, 0.25) is 0 Å². The summed E-state index contributed by atoms with van der Waals surface area (Å²) < 4.78 is 0. The van der Waals surface area contributed by atoms with Crippen LogP contribution in [0.25, 0.3) is 0 Å². The van der Waals surface area contributed by atoms with E-state index < -0.39 is 0 Å². The van der Waals surface area contributed by atoms with Crippen LogP contribution in [-0.4, -0.2) is 11.6 Å². The lowest BCUT2D eigenvalue weighted by molar-refractivity contribution is -0.120. The van der Waals surface area contributed by atoms with Crippen LogP contribution in [0.4, 0.5) is 0 Å². The molecule has 0 fully saturated rings. The Morgan fingerprint density at radius 2 is 1.91 bits per heavy atom. The second-order valence-corrected chi connectivity index (χ2v) is 2.63. The minimum atomic E-state index is -0.0885. The van der Waals surface area contributed by atoms with E-state index in [1.54, 1.807) is 0 Å². The van der Waals surface area contributed by atoms with Crippen molar-refractivity contribution >= 4 is 11.6 Å². The van der Waals surface area contributed by atoms with E-state index in [0.717, 1.165) is 6.42 Å². The monoisotopic (exact) mass is 154 g/mol. The first kappa shape index (κ1) is 10.1. The van der Waals surface area contributed by atoms with E-state index in [2.05, 4.69) is 6.58 Å². The maximum atomic E-state index is 10.9. The summed E-state index contributed by atoms with van der Waals surface area (Å²) in [5.41, 5.74) is 0.420. The zero-order valence-corrected chi connectivity index (χ0v) is 7.14. The van der Waals surface area contributed by atoms with Crippen LogP contribution in [0.3, 0.4) is 0 Å². The van der Waals surface area contributed by atoms with Crippen LogP contribution < -0.4 is 0 Å². The van der Waals surface area contributed by atoms with E-state index in [1.807, 2.05) is 6.92 Å². The summed E-state index contributed by atoms with van der Waals surface area (Å²) in [6.45, 7) is 6.88. The Hall–Kier alpha value is -0.920. The highest BCUT2D eigenvalue weighted by Crippen LogP contribution is 2.03. The second-order valence-electron chi connectivity index (χ2n) is 2.63. The number of hydrogen-bond acceptors (Lipinski definition) is 2. The average Bonchev–Trinajstić information content (AvgIpc) is 1.87. The highest BCUT2D eigenvalue weighted by molar-refractivity contribution is 5.98. The topological polar surface area (TPSA) is 34.1 Å². The molecular formula is C9H14O2. The van der Waals surface area contributed by atoms with Gasteiger partial charge in [0, 0.05) is 12.8 Å². The molecule has 0 aliphatic heterocycles. The Bertz CT molecular complexity index is 180. The predicted molar refractivity (Wildman–Crippen MR) is 44.4 cm³/mol. The highest BCUT2D eigenvalue weighted by Gasteiger charge is 2.06. The zero-order chi connectivity index (χ0) is 8.85. The fraction of sp³-hybridized carbons (Fsp3) is 0.556. The lowest BCUT2D eigenvalue weighted by Gasteiger charge is -1.98. The van der Waals surface area contributed by atoms with Crippen molar-refractivity contribution in [2.75, 3.05) is 0 Å². The lowest BCUT2D eigenvalue weighted by Crippen LogP contribution is -2.03. The van der Waals surface area contributed by atoms with Gasteiger partial charge in [-0.1, -0.05) is 13.5 Å². The molecule has 0 radical (unpaired) electrons. The summed E-state index contributed by atoms with van der Waals surface area (Å²) in [5, 5.41) is 0. The summed E-state index contributed by atoms with van der Waals surface area (Å²) in [4.78, 5) is 21.6. The van der Waals surface area contributed by atoms with Crippen molar-refractivity contribution in [1.29, 1.82) is 0 Å². The van der Waals surface area contributed by atoms with Crippen LogP contribution in [0.1, 0.15) is 33.1 Å². The van der Waals surface area contributed by atoms with Crippen molar-refractivity contribution in [3.8, 4) is 0 Å².